The van der Waals surface area contributed by atoms with Gasteiger partial charge in [-0.2, -0.15) is 4.40 Å². The summed E-state index contributed by atoms with van der Waals surface area (Å²) in [6, 6.07) is -0.319. The monoisotopic (exact) mass is 436 g/mol. The van der Waals surface area contributed by atoms with Gasteiger partial charge >= 0.3 is 0 Å². The third-order valence-corrected chi connectivity index (χ3v) is 8.07. The van der Waals surface area contributed by atoms with E-state index >= 15 is 0 Å². The summed E-state index contributed by atoms with van der Waals surface area (Å²) in [6.07, 6.45) is 4.52. The van der Waals surface area contributed by atoms with Crippen LogP contribution in [-0.2, 0) is 16.1 Å². The molecule has 10 heteroatoms. The summed E-state index contributed by atoms with van der Waals surface area (Å²) in [5, 5.41) is 22.9. The van der Waals surface area contributed by atoms with Crippen molar-refractivity contribution in [3.05, 3.63) is 22.6 Å². The van der Waals surface area contributed by atoms with Crippen LogP contribution in [0.3, 0.4) is 0 Å². The van der Waals surface area contributed by atoms with Crippen molar-refractivity contribution < 1.29 is 24.2 Å². The van der Waals surface area contributed by atoms with Crippen molar-refractivity contribution in [1.29, 1.82) is 0 Å². The lowest BCUT2D eigenvalue weighted by Crippen LogP contribution is -2.62. The number of imidazole rings is 1. The number of hydrogen-bond donors (Lipinski definition) is 2. The van der Waals surface area contributed by atoms with E-state index in [0.29, 0.717) is 18.5 Å². The number of nitrogens with zero attached hydrogens (tertiary/aromatic N) is 3. The van der Waals surface area contributed by atoms with Crippen LogP contribution in [0, 0.1) is 12.8 Å². The van der Waals surface area contributed by atoms with Gasteiger partial charge in [0.25, 0.3) is 6.33 Å². The van der Waals surface area contributed by atoms with Gasteiger partial charge in [0.1, 0.15) is 5.69 Å². The Bertz CT molecular complexity index is 1040. The normalized spacial score (nSPS) is 22.4. The standard InChI is InChI=1S/C19H24N4O4S2/c1-9-15(29-18-17(28-3)21(6-4-5-20)8-22(9)18)11-7-12-13(10(2)24)16(25)23(12)14(11)19(26)27/h8,10,12-13,24H,4-7,20H2,1-3H3/t10-,12-,13-/m1/s1. The second kappa shape index (κ2) is 7.42. The van der Waals surface area contributed by atoms with Gasteiger partial charge in [0.2, 0.25) is 15.8 Å². The number of aliphatic carboxylic acids is 1. The summed E-state index contributed by atoms with van der Waals surface area (Å²) in [6.45, 7) is 4.97. The van der Waals surface area contributed by atoms with Gasteiger partial charge in [0.15, 0.2) is 0 Å². The first kappa shape index (κ1) is 20.4. The molecule has 3 atom stereocenters. The van der Waals surface area contributed by atoms with Gasteiger partial charge in [-0.25, -0.2) is 4.57 Å². The summed E-state index contributed by atoms with van der Waals surface area (Å²) in [4.78, 5) is 27.6. The number of carboxylic acid groups (broad SMARTS) is 1. The SMILES string of the molecule is CSc1c2sc(C3=C(C(=O)[O-])N4C(=O)[C@H]([C@@H](C)O)[C@H]4C3)c(C)[n+]2cn1CCCN. The fourth-order valence-corrected chi connectivity index (χ4v) is 6.70. The number of fused-ring (bicyclic) bond motifs is 2. The molecule has 8 nitrogen and oxygen atoms in total. The van der Waals surface area contributed by atoms with Gasteiger partial charge in [-0.15, -0.1) is 0 Å². The minimum absolute atomic E-state index is 0.0498. The fraction of sp³-hybridized carbons (Fsp3) is 0.526. The number of aromatic nitrogens is 2. The minimum Gasteiger partial charge on any atom is -0.543 e. The molecule has 2 aliphatic rings. The van der Waals surface area contributed by atoms with Gasteiger partial charge in [-0.05, 0) is 39.5 Å². The average molecular weight is 437 g/mol. The van der Waals surface area contributed by atoms with E-state index in [0.717, 1.165) is 33.4 Å². The van der Waals surface area contributed by atoms with E-state index in [2.05, 4.69) is 8.97 Å². The summed E-state index contributed by atoms with van der Waals surface area (Å²) in [5.74, 6) is -2.25. The molecule has 0 aliphatic carbocycles. The second-order valence-electron chi connectivity index (χ2n) is 7.51. The third-order valence-electron chi connectivity index (χ3n) is 5.80. The minimum atomic E-state index is -1.35. The van der Waals surface area contributed by atoms with Crippen LogP contribution >= 0.6 is 23.1 Å². The molecule has 1 amide bonds. The Kier molecular flexibility index (Phi) is 5.22. The Morgan fingerprint density at radius 1 is 1.55 bits per heavy atom. The quantitative estimate of drug-likeness (QED) is 0.351. The number of carboxylic acids is 1. The number of rotatable bonds is 7. The fourth-order valence-electron chi connectivity index (χ4n) is 4.45. The topological polar surface area (TPSA) is 116 Å². The maximum Gasteiger partial charge on any atom is 0.250 e. The predicted molar refractivity (Wildman–Crippen MR) is 108 cm³/mol. The van der Waals surface area contributed by atoms with E-state index in [4.69, 9.17) is 5.73 Å². The molecule has 2 aliphatic heterocycles. The number of aryl methyl sites for hydroxylation is 2. The maximum atomic E-state index is 12.5. The first-order chi connectivity index (χ1) is 13.8. The number of aliphatic hydroxyl groups is 1. The van der Waals surface area contributed by atoms with Crippen molar-refractivity contribution in [2.24, 2.45) is 11.7 Å². The highest BCUT2D eigenvalue weighted by Crippen LogP contribution is 2.48. The Hall–Kier alpha value is -1.88. The van der Waals surface area contributed by atoms with Crippen molar-refractivity contribution in [1.82, 2.24) is 9.47 Å². The summed E-state index contributed by atoms with van der Waals surface area (Å²) < 4.78 is 4.24. The smallest absolute Gasteiger partial charge is 0.250 e. The summed E-state index contributed by atoms with van der Waals surface area (Å²) in [5.41, 5.74) is 7.16. The number of amides is 1. The van der Waals surface area contributed by atoms with E-state index in [1.54, 1.807) is 18.7 Å². The third kappa shape index (κ3) is 2.92. The van der Waals surface area contributed by atoms with Crippen LogP contribution in [0.5, 0.6) is 0 Å². The Labute approximate surface area is 176 Å². The molecule has 0 unspecified atom stereocenters. The second-order valence-corrected chi connectivity index (χ2v) is 9.31. The predicted octanol–water partition coefficient (Wildman–Crippen LogP) is -0.260. The molecule has 2 aromatic heterocycles. The number of nitrogens with two attached hydrogens (primary N) is 1. The van der Waals surface area contributed by atoms with E-state index in [1.807, 2.05) is 19.5 Å². The van der Waals surface area contributed by atoms with Crippen molar-refractivity contribution in [2.45, 2.75) is 50.4 Å². The highest BCUT2D eigenvalue weighted by atomic mass is 32.2. The van der Waals surface area contributed by atoms with E-state index < -0.39 is 18.0 Å². The molecule has 0 saturated carbocycles. The molecule has 156 valence electrons. The van der Waals surface area contributed by atoms with Gasteiger partial charge in [0, 0.05) is 5.57 Å². The Morgan fingerprint density at radius 3 is 2.86 bits per heavy atom. The first-order valence-electron chi connectivity index (χ1n) is 9.55. The van der Waals surface area contributed by atoms with Gasteiger partial charge < -0.3 is 25.6 Å². The number of thiazole rings is 1. The van der Waals surface area contributed by atoms with E-state index in [9.17, 15) is 19.8 Å². The van der Waals surface area contributed by atoms with Crippen LogP contribution in [0.15, 0.2) is 17.1 Å². The molecule has 0 radical (unpaired) electrons. The van der Waals surface area contributed by atoms with Crippen molar-refractivity contribution in [3.63, 3.8) is 0 Å². The number of β-lactam (4-membered cyclic amide) rings is 1. The lowest BCUT2D eigenvalue weighted by atomic mass is 9.83. The molecule has 4 rings (SSSR count). The molecule has 0 spiro atoms. The number of carbonyl (C=O) groups excluding carboxylic acids is 2. The number of aliphatic hydroxyl groups excluding tert-OH is 1. The molecule has 0 aromatic carbocycles. The molecule has 1 fully saturated rings. The van der Waals surface area contributed by atoms with Crippen LogP contribution in [0.4, 0.5) is 0 Å². The number of thioether (sulfide) groups is 1. The highest BCUT2D eigenvalue weighted by molar-refractivity contribution is 7.98. The van der Waals surface area contributed by atoms with Gasteiger partial charge in [0.05, 0.1) is 41.2 Å². The van der Waals surface area contributed by atoms with Crippen LogP contribution in [-0.4, -0.2) is 51.4 Å². The van der Waals surface area contributed by atoms with Crippen molar-refractivity contribution in [3.8, 4) is 0 Å². The van der Waals surface area contributed by atoms with Crippen molar-refractivity contribution >= 4 is 45.4 Å². The molecule has 1 saturated heterocycles. The highest BCUT2D eigenvalue weighted by Gasteiger charge is 2.55. The van der Waals surface area contributed by atoms with Crippen LogP contribution < -0.4 is 15.2 Å². The average Bonchev–Trinajstić information content (AvgIpc) is 3.28. The molecule has 29 heavy (non-hydrogen) atoms. The molecular formula is C19H24N4O4S2. The summed E-state index contributed by atoms with van der Waals surface area (Å²) >= 11 is 3.17. The number of hydrogen-bond acceptors (Lipinski definition) is 7. The lowest BCUT2D eigenvalue weighted by Gasteiger charge is -2.45. The zero-order valence-electron chi connectivity index (χ0n) is 16.5. The molecule has 0 bridgehead atoms. The van der Waals surface area contributed by atoms with Crippen molar-refractivity contribution in [2.75, 3.05) is 12.8 Å². The first-order valence-corrected chi connectivity index (χ1v) is 11.6. The van der Waals surface area contributed by atoms with E-state index in [1.165, 1.54) is 16.2 Å². The van der Waals surface area contributed by atoms with E-state index in [-0.39, 0.29) is 17.6 Å². The Morgan fingerprint density at radius 2 is 2.28 bits per heavy atom. The molecule has 3 N–H and O–H groups in total. The zero-order chi connectivity index (χ0) is 21.0. The molecular weight excluding hydrogens is 412 g/mol. The largest absolute Gasteiger partial charge is 0.543 e. The zero-order valence-corrected chi connectivity index (χ0v) is 18.2. The summed E-state index contributed by atoms with van der Waals surface area (Å²) in [7, 11) is 0. The molecule has 2 aromatic rings. The number of carbonyl (C=O) groups is 2. The molecule has 4 heterocycles. The van der Waals surface area contributed by atoms with Gasteiger partial charge in [-0.3, -0.25) is 4.79 Å². The Balaban J connectivity index is 1.80. The van der Waals surface area contributed by atoms with Gasteiger partial charge in [-0.1, -0.05) is 23.1 Å². The van der Waals surface area contributed by atoms with Crippen LogP contribution in [0.25, 0.3) is 10.4 Å². The maximum absolute atomic E-state index is 12.5. The van der Waals surface area contributed by atoms with Crippen LogP contribution in [0.1, 0.15) is 30.3 Å². The van der Waals surface area contributed by atoms with Crippen LogP contribution in [0.2, 0.25) is 0 Å². The lowest BCUT2D eigenvalue weighted by molar-refractivity contribution is -0.516.